The third-order valence-electron chi connectivity index (χ3n) is 2.26. The van der Waals surface area contributed by atoms with Crippen LogP contribution in [0.2, 0.25) is 0 Å². The van der Waals surface area contributed by atoms with Crippen LogP contribution in [0.5, 0.6) is 0 Å². The minimum absolute atomic E-state index is 0.652. The molecule has 4 N–H and O–H groups in total. The number of H-pyrrole nitrogens is 1. The Bertz CT molecular complexity index is 449. The molecule has 0 saturated heterocycles. The van der Waals surface area contributed by atoms with Gasteiger partial charge in [-0.15, -0.1) is 0 Å². The molecule has 2 aromatic heterocycles. The van der Waals surface area contributed by atoms with Crippen molar-refractivity contribution in [1.29, 1.82) is 0 Å². The maximum Gasteiger partial charge on any atom is 0.0736 e. The largest absolute Gasteiger partial charge is 0.396 e. The molecule has 0 radical (unpaired) electrons. The molecule has 0 unspecified atom stereocenters. The summed E-state index contributed by atoms with van der Waals surface area (Å²) in [5.41, 5.74) is 9.49. The molecule has 0 atom stereocenters. The van der Waals surface area contributed by atoms with Gasteiger partial charge in [-0.3, -0.25) is 10.1 Å². The average molecular weight is 203 g/mol. The second kappa shape index (κ2) is 4.00. The Labute approximate surface area is 87.7 Å². The monoisotopic (exact) mass is 203 g/mol. The standard InChI is InChI=1S/C10H13N5/c1-7-8(5-14-15-7)4-13-10-2-3-12-6-9(10)11/h2-3,5-6H,4,11H2,1H3,(H,12,13)(H,14,15). The van der Waals surface area contributed by atoms with E-state index in [9.17, 15) is 0 Å². The Morgan fingerprint density at radius 3 is 3.00 bits per heavy atom. The quantitative estimate of drug-likeness (QED) is 0.702. The summed E-state index contributed by atoms with van der Waals surface area (Å²) in [5.74, 6) is 0. The lowest BCUT2D eigenvalue weighted by Crippen LogP contribution is -2.02. The first-order chi connectivity index (χ1) is 7.27. The first kappa shape index (κ1) is 9.51. The highest BCUT2D eigenvalue weighted by molar-refractivity contribution is 5.64. The molecule has 0 saturated carbocycles. The highest BCUT2D eigenvalue weighted by atomic mass is 15.1. The molecule has 2 aromatic rings. The topological polar surface area (TPSA) is 79.6 Å². The van der Waals surface area contributed by atoms with Gasteiger partial charge in [0.2, 0.25) is 0 Å². The van der Waals surface area contributed by atoms with E-state index in [4.69, 9.17) is 5.73 Å². The van der Waals surface area contributed by atoms with Crippen LogP contribution < -0.4 is 11.1 Å². The van der Waals surface area contributed by atoms with Gasteiger partial charge in [-0.1, -0.05) is 0 Å². The minimum Gasteiger partial charge on any atom is -0.396 e. The van der Waals surface area contributed by atoms with E-state index in [-0.39, 0.29) is 0 Å². The highest BCUT2D eigenvalue weighted by Crippen LogP contribution is 2.16. The minimum atomic E-state index is 0.652. The van der Waals surface area contributed by atoms with E-state index in [2.05, 4.69) is 20.5 Å². The van der Waals surface area contributed by atoms with Crippen molar-refractivity contribution in [2.24, 2.45) is 0 Å². The number of pyridine rings is 1. The van der Waals surface area contributed by atoms with E-state index in [0.717, 1.165) is 16.9 Å². The Balaban J connectivity index is 2.06. The molecule has 15 heavy (non-hydrogen) atoms. The fourth-order valence-electron chi connectivity index (χ4n) is 1.31. The lowest BCUT2D eigenvalue weighted by atomic mass is 10.2. The summed E-state index contributed by atoms with van der Waals surface area (Å²) >= 11 is 0. The van der Waals surface area contributed by atoms with E-state index >= 15 is 0 Å². The molecular weight excluding hydrogens is 190 g/mol. The summed E-state index contributed by atoms with van der Waals surface area (Å²) in [4.78, 5) is 3.92. The van der Waals surface area contributed by atoms with Crippen LogP contribution in [-0.2, 0) is 6.54 Å². The van der Waals surface area contributed by atoms with Crippen LogP contribution in [0.1, 0.15) is 11.3 Å². The van der Waals surface area contributed by atoms with Crippen LogP contribution >= 0.6 is 0 Å². The summed E-state index contributed by atoms with van der Waals surface area (Å²) < 4.78 is 0. The molecule has 0 fully saturated rings. The number of rotatable bonds is 3. The van der Waals surface area contributed by atoms with Crippen molar-refractivity contribution in [3.63, 3.8) is 0 Å². The van der Waals surface area contributed by atoms with Gasteiger partial charge in [-0.05, 0) is 13.0 Å². The van der Waals surface area contributed by atoms with E-state index in [0.29, 0.717) is 12.2 Å². The van der Waals surface area contributed by atoms with Gasteiger partial charge >= 0.3 is 0 Å². The number of nitrogens with zero attached hydrogens (tertiary/aromatic N) is 2. The first-order valence-corrected chi connectivity index (χ1v) is 4.69. The number of hydrogen-bond donors (Lipinski definition) is 3. The maximum absolute atomic E-state index is 5.75. The average Bonchev–Trinajstić information content (AvgIpc) is 2.63. The number of hydrogen-bond acceptors (Lipinski definition) is 4. The zero-order chi connectivity index (χ0) is 10.7. The third-order valence-corrected chi connectivity index (χ3v) is 2.26. The molecule has 0 amide bonds. The van der Waals surface area contributed by atoms with E-state index in [1.165, 1.54) is 0 Å². The highest BCUT2D eigenvalue weighted by Gasteiger charge is 2.01. The second-order valence-electron chi connectivity index (χ2n) is 3.34. The van der Waals surface area contributed by atoms with Crippen LogP contribution in [0.4, 0.5) is 11.4 Å². The zero-order valence-electron chi connectivity index (χ0n) is 8.49. The Morgan fingerprint density at radius 1 is 1.47 bits per heavy atom. The van der Waals surface area contributed by atoms with Gasteiger partial charge in [0.25, 0.3) is 0 Å². The molecule has 0 aromatic carbocycles. The molecule has 5 nitrogen and oxygen atoms in total. The lowest BCUT2D eigenvalue weighted by Gasteiger charge is -2.07. The van der Waals surface area contributed by atoms with Gasteiger partial charge < -0.3 is 11.1 Å². The molecule has 0 bridgehead atoms. The number of aromatic amines is 1. The lowest BCUT2D eigenvalue weighted by molar-refractivity contribution is 1.04. The predicted molar refractivity (Wildman–Crippen MR) is 59.3 cm³/mol. The number of nitrogens with one attached hydrogen (secondary N) is 2. The van der Waals surface area contributed by atoms with Crippen molar-refractivity contribution in [1.82, 2.24) is 15.2 Å². The molecule has 0 spiro atoms. The number of nitrogens with two attached hydrogens (primary N) is 1. The molecule has 0 aliphatic carbocycles. The first-order valence-electron chi connectivity index (χ1n) is 4.69. The molecule has 0 aliphatic rings. The summed E-state index contributed by atoms with van der Waals surface area (Å²) in [6.07, 6.45) is 5.14. The summed E-state index contributed by atoms with van der Waals surface area (Å²) in [5, 5.41) is 10.1. The Morgan fingerprint density at radius 2 is 2.33 bits per heavy atom. The summed E-state index contributed by atoms with van der Waals surface area (Å²) in [6, 6.07) is 1.85. The van der Waals surface area contributed by atoms with Gasteiger partial charge in [0.05, 0.1) is 23.8 Å². The fourth-order valence-corrected chi connectivity index (χ4v) is 1.31. The van der Waals surface area contributed by atoms with E-state index in [1.807, 2.05) is 13.0 Å². The predicted octanol–water partition coefficient (Wildman–Crippen LogP) is 1.31. The van der Waals surface area contributed by atoms with Crippen LogP contribution in [0.25, 0.3) is 0 Å². The molecule has 2 rings (SSSR count). The fraction of sp³-hybridized carbons (Fsp3) is 0.200. The number of aromatic nitrogens is 3. The van der Waals surface area contributed by atoms with Crippen LogP contribution in [0.3, 0.4) is 0 Å². The molecular formula is C10H13N5. The Kier molecular flexibility index (Phi) is 2.53. The van der Waals surface area contributed by atoms with Gasteiger partial charge in [0.15, 0.2) is 0 Å². The van der Waals surface area contributed by atoms with E-state index < -0.39 is 0 Å². The SMILES string of the molecule is Cc1[nH]ncc1CNc1ccncc1N. The summed E-state index contributed by atoms with van der Waals surface area (Å²) in [6.45, 7) is 2.69. The number of anilines is 2. The normalized spacial score (nSPS) is 10.2. The second-order valence-corrected chi connectivity index (χ2v) is 3.34. The van der Waals surface area contributed by atoms with Gasteiger partial charge in [-0.2, -0.15) is 5.10 Å². The van der Waals surface area contributed by atoms with Crippen molar-refractivity contribution in [2.75, 3.05) is 11.1 Å². The van der Waals surface area contributed by atoms with Gasteiger partial charge in [0, 0.05) is 24.0 Å². The summed E-state index contributed by atoms with van der Waals surface area (Å²) in [7, 11) is 0. The van der Waals surface area contributed by atoms with Crippen LogP contribution in [0.15, 0.2) is 24.7 Å². The number of nitrogen functional groups attached to an aromatic ring is 1. The smallest absolute Gasteiger partial charge is 0.0736 e. The molecule has 78 valence electrons. The van der Waals surface area contributed by atoms with Crippen molar-refractivity contribution >= 4 is 11.4 Å². The van der Waals surface area contributed by atoms with Crippen molar-refractivity contribution in [2.45, 2.75) is 13.5 Å². The maximum atomic E-state index is 5.75. The van der Waals surface area contributed by atoms with Crippen LogP contribution in [0, 0.1) is 6.92 Å². The van der Waals surface area contributed by atoms with Gasteiger partial charge in [0.1, 0.15) is 0 Å². The van der Waals surface area contributed by atoms with Crippen molar-refractivity contribution in [3.05, 3.63) is 35.9 Å². The van der Waals surface area contributed by atoms with Crippen LogP contribution in [-0.4, -0.2) is 15.2 Å². The van der Waals surface area contributed by atoms with E-state index in [1.54, 1.807) is 18.6 Å². The van der Waals surface area contributed by atoms with Gasteiger partial charge in [-0.25, -0.2) is 0 Å². The van der Waals surface area contributed by atoms with Crippen molar-refractivity contribution in [3.8, 4) is 0 Å². The molecule has 5 heteroatoms. The Hall–Kier alpha value is -2.04. The molecule has 2 heterocycles. The third kappa shape index (κ3) is 2.07. The number of aryl methyl sites for hydroxylation is 1. The molecule has 0 aliphatic heterocycles. The van der Waals surface area contributed by atoms with Crippen molar-refractivity contribution < 1.29 is 0 Å². The zero-order valence-corrected chi connectivity index (χ0v) is 8.49.